The highest BCUT2D eigenvalue weighted by Gasteiger charge is 2.17. The van der Waals surface area contributed by atoms with Gasteiger partial charge >= 0.3 is 12.1 Å². The number of carbonyl (C=O) groups is 3. The minimum Gasteiger partial charge on any atom is -0.495 e. The normalized spacial score (nSPS) is 10.3. The lowest BCUT2D eigenvalue weighted by atomic mass is 10.0. The molecular weight excluding hydrogens is 334 g/mol. The van der Waals surface area contributed by atoms with Crippen molar-refractivity contribution in [2.24, 2.45) is 0 Å². The van der Waals surface area contributed by atoms with E-state index in [1.165, 1.54) is 32.7 Å². The highest BCUT2D eigenvalue weighted by Crippen LogP contribution is 2.36. The van der Waals surface area contributed by atoms with Gasteiger partial charge in [0.15, 0.2) is 5.78 Å². The fraction of sp³-hybridized carbons (Fsp3) is 0.312. The Morgan fingerprint density at radius 2 is 1.88 bits per heavy atom. The fourth-order valence-electron chi connectivity index (χ4n) is 2.19. The molecule has 0 fully saturated rings. The van der Waals surface area contributed by atoms with Crippen molar-refractivity contribution in [2.75, 3.05) is 27.9 Å². The monoisotopic (exact) mass is 351 g/mol. The number of nitrogens with one attached hydrogen (secondary N) is 1. The van der Waals surface area contributed by atoms with Crippen LogP contribution in [-0.2, 0) is 20.7 Å². The maximum absolute atomic E-state index is 12.0. The number of fused-ring (bicyclic) bond motifs is 1. The molecule has 0 atom stereocenters. The predicted octanol–water partition coefficient (Wildman–Crippen LogP) is 2.16. The van der Waals surface area contributed by atoms with Gasteiger partial charge in [-0.3, -0.25) is 4.79 Å². The number of ketones is 1. The lowest BCUT2D eigenvalue weighted by Gasteiger charge is -2.07. The van der Waals surface area contributed by atoms with Gasteiger partial charge in [-0.15, -0.1) is 11.3 Å². The Bertz CT molecular complexity index is 782. The van der Waals surface area contributed by atoms with Crippen LogP contribution in [0.3, 0.4) is 0 Å². The number of hydrogen-bond donors (Lipinski definition) is 1. The molecule has 2 rings (SSSR count). The van der Waals surface area contributed by atoms with E-state index in [0.717, 1.165) is 15.6 Å². The van der Waals surface area contributed by atoms with E-state index >= 15 is 0 Å². The second kappa shape index (κ2) is 7.78. The van der Waals surface area contributed by atoms with Crippen LogP contribution in [-0.4, -0.2) is 45.7 Å². The standard InChI is InChI=1S/C16H17NO6S/c1-21-12-5-4-9(6-10(18)8-17-16(20)23-3)11-7-13(15(19)22-2)24-14(11)12/h4-5,7H,6,8H2,1-3H3,(H,17,20). The molecule has 8 heteroatoms. The van der Waals surface area contributed by atoms with Crippen LogP contribution in [0.1, 0.15) is 15.2 Å². The first-order valence-corrected chi connectivity index (χ1v) is 7.83. The van der Waals surface area contributed by atoms with Gasteiger partial charge in [0.25, 0.3) is 0 Å². The summed E-state index contributed by atoms with van der Waals surface area (Å²) in [5.74, 6) is -0.00499. The molecule has 24 heavy (non-hydrogen) atoms. The van der Waals surface area contributed by atoms with E-state index in [9.17, 15) is 14.4 Å². The van der Waals surface area contributed by atoms with Gasteiger partial charge in [0.2, 0.25) is 0 Å². The van der Waals surface area contributed by atoms with Crippen LogP contribution in [0.25, 0.3) is 10.1 Å². The van der Waals surface area contributed by atoms with Crippen LogP contribution in [0, 0.1) is 0 Å². The first-order chi connectivity index (χ1) is 11.5. The quantitative estimate of drug-likeness (QED) is 0.802. The van der Waals surface area contributed by atoms with Crippen molar-refractivity contribution in [3.05, 3.63) is 28.6 Å². The number of rotatable bonds is 6. The summed E-state index contributed by atoms with van der Waals surface area (Å²) in [7, 11) is 4.08. The van der Waals surface area contributed by atoms with Crippen molar-refractivity contribution in [1.29, 1.82) is 0 Å². The highest BCUT2D eigenvalue weighted by molar-refractivity contribution is 7.21. The van der Waals surface area contributed by atoms with Gasteiger partial charge in [0.1, 0.15) is 10.6 Å². The number of thiophene rings is 1. The molecule has 1 amide bonds. The van der Waals surface area contributed by atoms with Crippen LogP contribution in [0.4, 0.5) is 4.79 Å². The highest BCUT2D eigenvalue weighted by atomic mass is 32.1. The lowest BCUT2D eigenvalue weighted by Crippen LogP contribution is -2.30. The van der Waals surface area contributed by atoms with E-state index in [2.05, 4.69) is 10.1 Å². The molecule has 0 aliphatic rings. The third-order valence-electron chi connectivity index (χ3n) is 3.35. The van der Waals surface area contributed by atoms with Gasteiger partial charge in [-0.2, -0.15) is 0 Å². The second-order valence-corrected chi connectivity index (χ2v) is 5.88. The van der Waals surface area contributed by atoms with Crippen molar-refractivity contribution >= 4 is 39.3 Å². The van der Waals surface area contributed by atoms with Gasteiger partial charge in [-0.1, -0.05) is 6.07 Å². The first kappa shape index (κ1) is 17.7. The van der Waals surface area contributed by atoms with Gasteiger partial charge < -0.3 is 19.5 Å². The smallest absolute Gasteiger partial charge is 0.407 e. The zero-order valence-corrected chi connectivity index (χ0v) is 14.3. The topological polar surface area (TPSA) is 90.9 Å². The van der Waals surface area contributed by atoms with E-state index in [-0.39, 0.29) is 18.7 Å². The Morgan fingerprint density at radius 3 is 2.50 bits per heavy atom. The van der Waals surface area contributed by atoms with Crippen LogP contribution >= 0.6 is 11.3 Å². The molecule has 0 radical (unpaired) electrons. The van der Waals surface area contributed by atoms with E-state index < -0.39 is 12.1 Å². The summed E-state index contributed by atoms with van der Waals surface area (Å²) in [5.41, 5.74) is 0.744. The molecule has 1 aromatic heterocycles. The van der Waals surface area contributed by atoms with Gasteiger partial charge in [-0.05, 0) is 17.7 Å². The lowest BCUT2D eigenvalue weighted by molar-refractivity contribution is -0.117. The molecule has 1 N–H and O–H groups in total. The number of esters is 1. The third-order valence-corrected chi connectivity index (χ3v) is 4.48. The number of carbonyl (C=O) groups excluding carboxylic acids is 3. The molecule has 0 saturated carbocycles. The predicted molar refractivity (Wildman–Crippen MR) is 88.8 cm³/mol. The Labute approximate surface area is 142 Å². The largest absolute Gasteiger partial charge is 0.495 e. The van der Waals surface area contributed by atoms with Gasteiger partial charge in [-0.25, -0.2) is 9.59 Å². The summed E-state index contributed by atoms with van der Waals surface area (Å²) in [6.07, 6.45) is -0.547. The molecule has 0 spiro atoms. The van der Waals surface area contributed by atoms with Crippen molar-refractivity contribution in [1.82, 2.24) is 5.32 Å². The first-order valence-electron chi connectivity index (χ1n) is 7.01. The Balaban J connectivity index is 2.30. The maximum Gasteiger partial charge on any atom is 0.407 e. The molecular formula is C16H17NO6S. The van der Waals surface area contributed by atoms with Crippen LogP contribution < -0.4 is 10.1 Å². The van der Waals surface area contributed by atoms with E-state index in [1.807, 2.05) is 0 Å². The minimum atomic E-state index is -0.660. The van der Waals surface area contributed by atoms with Crippen LogP contribution in [0.15, 0.2) is 18.2 Å². The average molecular weight is 351 g/mol. The Kier molecular flexibility index (Phi) is 5.75. The summed E-state index contributed by atoms with van der Waals surface area (Å²) in [4.78, 5) is 35.2. The fourth-order valence-corrected chi connectivity index (χ4v) is 3.30. The number of Topliss-reactive ketones (excluding diaryl/α,β-unsaturated/α-hetero) is 1. The van der Waals surface area contributed by atoms with E-state index in [1.54, 1.807) is 18.2 Å². The SMILES string of the molecule is COC(=O)NCC(=O)Cc1ccc(OC)c2sc(C(=O)OC)cc12. The molecule has 0 aliphatic heterocycles. The number of methoxy groups -OCH3 is 3. The summed E-state index contributed by atoms with van der Waals surface area (Å²) in [5, 5.41) is 3.10. The molecule has 0 unspecified atom stereocenters. The average Bonchev–Trinajstić information content (AvgIpc) is 3.05. The molecule has 1 aromatic carbocycles. The van der Waals surface area contributed by atoms with E-state index in [0.29, 0.717) is 10.6 Å². The number of amides is 1. The zero-order chi connectivity index (χ0) is 17.7. The molecule has 0 bridgehead atoms. The molecule has 2 aromatic rings. The molecule has 7 nitrogen and oxygen atoms in total. The molecule has 1 heterocycles. The van der Waals surface area contributed by atoms with Crippen LogP contribution in [0.2, 0.25) is 0 Å². The second-order valence-electron chi connectivity index (χ2n) is 4.83. The van der Waals surface area contributed by atoms with Crippen molar-refractivity contribution in [2.45, 2.75) is 6.42 Å². The number of ether oxygens (including phenoxy) is 3. The summed E-state index contributed by atoms with van der Waals surface area (Å²) in [6.45, 7) is -0.131. The molecule has 0 aliphatic carbocycles. The van der Waals surface area contributed by atoms with Crippen molar-refractivity contribution in [3.8, 4) is 5.75 Å². The Hall–Kier alpha value is -2.61. The number of alkyl carbamates (subject to hydrolysis) is 1. The van der Waals surface area contributed by atoms with Gasteiger partial charge in [0, 0.05) is 11.8 Å². The molecule has 0 saturated heterocycles. The van der Waals surface area contributed by atoms with Crippen LogP contribution in [0.5, 0.6) is 5.75 Å². The molecule has 128 valence electrons. The van der Waals surface area contributed by atoms with Gasteiger partial charge in [0.05, 0.1) is 32.6 Å². The summed E-state index contributed by atoms with van der Waals surface area (Å²) in [6, 6.07) is 5.20. The summed E-state index contributed by atoms with van der Waals surface area (Å²) < 4.78 is 15.2. The third kappa shape index (κ3) is 3.83. The number of benzene rings is 1. The van der Waals surface area contributed by atoms with E-state index in [4.69, 9.17) is 9.47 Å². The number of hydrogen-bond acceptors (Lipinski definition) is 7. The van der Waals surface area contributed by atoms with Crippen molar-refractivity contribution < 1.29 is 28.6 Å². The summed E-state index contributed by atoms with van der Waals surface area (Å²) >= 11 is 1.24. The Morgan fingerprint density at radius 1 is 1.12 bits per heavy atom. The zero-order valence-electron chi connectivity index (χ0n) is 13.5. The maximum atomic E-state index is 12.0. The van der Waals surface area contributed by atoms with Crippen molar-refractivity contribution in [3.63, 3.8) is 0 Å². The minimum absolute atomic E-state index is 0.113.